The van der Waals surface area contributed by atoms with E-state index in [1.54, 1.807) is 0 Å². The molecular formula is C17H19ClN2O. The molecule has 0 heterocycles. The molecule has 110 valence electrons. The molecular weight excluding hydrogens is 284 g/mol. The van der Waals surface area contributed by atoms with Crippen LogP contribution in [0.25, 0.3) is 0 Å². The lowest BCUT2D eigenvalue weighted by atomic mass is 10.1. The average Bonchev–Trinajstić information content (AvgIpc) is 2.45. The first-order valence-corrected chi connectivity index (χ1v) is 7.25. The van der Waals surface area contributed by atoms with Crippen LogP contribution >= 0.6 is 11.6 Å². The van der Waals surface area contributed by atoms with Gasteiger partial charge in [0.05, 0.1) is 6.54 Å². The van der Waals surface area contributed by atoms with Crippen molar-refractivity contribution in [1.29, 1.82) is 0 Å². The number of aryl methyl sites for hydroxylation is 2. The Balaban J connectivity index is 1.84. The summed E-state index contributed by atoms with van der Waals surface area (Å²) < 4.78 is 0. The van der Waals surface area contributed by atoms with E-state index in [2.05, 4.69) is 10.6 Å². The lowest BCUT2D eigenvalue weighted by Crippen LogP contribution is -2.28. The Morgan fingerprint density at radius 2 is 1.67 bits per heavy atom. The molecule has 0 spiro atoms. The second-order valence-corrected chi connectivity index (χ2v) is 5.48. The Kier molecular flexibility index (Phi) is 5.37. The zero-order valence-corrected chi connectivity index (χ0v) is 13.0. The van der Waals surface area contributed by atoms with Gasteiger partial charge in [-0.2, -0.15) is 0 Å². The zero-order chi connectivity index (χ0) is 15.2. The van der Waals surface area contributed by atoms with Crippen LogP contribution in [0.4, 0.5) is 5.69 Å². The highest BCUT2D eigenvalue weighted by atomic mass is 35.5. The van der Waals surface area contributed by atoms with Crippen LogP contribution in [-0.2, 0) is 11.3 Å². The van der Waals surface area contributed by atoms with Gasteiger partial charge in [0.25, 0.3) is 0 Å². The van der Waals surface area contributed by atoms with Crippen LogP contribution in [0.5, 0.6) is 0 Å². The molecule has 0 atom stereocenters. The Morgan fingerprint density at radius 3 is 2.29 bits per heavy atom. The maximum atomic E-state index is 12.0. The second kappa shape index (κ2) is 7.25. The summed E-state index contributed by atoms with van der Waals surface area (Å²) in [6.45, 7) is 4.89. The molecule has 0 aliphatic carbocycles. The third kappa shape index (κ3) is 4.59. The number of benzene rings is 2. The van der Waals surface area contributed by atoms with Crippen molar-refractivity contribution in [2.75, 3.05) is 11.9 Å². The molecule has 2 N–H and O–H groups in total. The number of para-hydroxylation sites is 1. The molecule has 0 aromatic heterocycles. The van der Waals surface area contributed by atoms with Gasteiger partial charge in [0.1, 0.15) is 0 Å². The van der Waals surface area contributed by atoms with Crippen molar-refractivity contribution in [3.8, 4) is 0 Å². The van der Waals surface area contributed by atoms with Crippen molar-refractivity contribution >= 4 is 23.2 Å². The molecule has 0 bridgehead atoms. The van der Waals surface area contributed by atoms with Crippen molar-refractivity contribution in [3.05, 3.63) is 64.2 Å². The first-order chi connectivity index (χ1) is 10.1. The molecule has 0 aliphatic rings. The lowest BCUT2D eigenvalue weighted by Gasteiger charge is -2.12. The molecule has 4 heteroatoms. The van der Waals surface area contributed by atoms with Crippen molar-refractivity contribution in [1.82, 2.24) is 5.32 Å². The number of carbonyl (C=O) groups excluding carboxylic acids is 1. The van der Waals surface area contributed by atoms with Crippen molar-refractivity contribution in [3.63, 3.8) is 0 Å². The summed E-state index contributed by atoms with van der Waals surface area (Å²) in [5, 5.41) is 6.79. The van der Waals surface area contributed by atoms with Crippen LogP contribution in [0.1, 0.15) is 16.7 Å². The van der Waals surface area contributed by atoms with Gasteiger partial charge < -0.3 is 10.6 Å². The SMILES string of the molecule is Cc1cccc(C)c1NC(=O)CNCc1ccc(Cl)cc1. The molecule has 0 unspecified atom stereocenters. The Hall–Kier alpha value is -1.84. The lowest BCUT2D eigenvalue weighted by molar-refractivity contribution is -0.115. The highest BCUT2D eigenvalue weighted by Gasteiger charge is 2.06. The van der Waals surface area contributed by atoms with Gasteiger partial charge in [-0.15, -0.1) is 0 Å². The minimum absolute atomic E-state index is 0.0404. The van der Waals surface area contributed by atoms with E-state index in [9.17, 15) is 4.79 Å². The van der Waals surface area contributed by atoms with Crippen LogP contribution < -0.4 is 10.6 Å². The van der Waals surface area contributed by atoms with Gasteiger partial charge in [0.2, 0.25) is 5.91 Å². The van der Waals surface area contributed by atoms with Gasteiger partial charge >= 0.3 is 0 Å². The summed E-state index contributed by atoms with van der Waals surface area (Å²) in [7, 11) is 0. The quantitative estimate of drug-likeness (QED) is 0.884. The molecule has 0 saturated carbocycles. The fraction of sp³-hybridized carbons (Fsp3) is 0.235. The minimum atomic E-state index is -0.0404. The van der Waals surface area contributed by atoms with E-state index < -0.39 is 0 Å². The Bertz CT molecular complexity index is 603. The molecule has 2 aromatic carbocycles. The molecule has 0 fully saturated rings. The Labute approximate surface area is 130 Å². The predicted octanol–water partition coefficient (Wildman–Crippen LogP) is 3.69. The molecule has 1 amide bonds. The molecule has 21 heavy (non-hydrogen) atoms. The molecule has 0 saturated heterocycles. The van der Waals surface area contributed by atoms with Crippen LogP contribution in [-0.4, -0.2) is 12.5 Å². The number of rotatable bonds is 5. The smallest absolute Gasteiger partial charge is 0.238 e. The predicted molar refractivity (Wildman–Crippen MR) is 87.7 cm³/mol. The maximum absolute atomic E-state index is 12.0. The Morgan fingerprint density at radius 1 is 1.05 bits per heavy atom. The molecule has 3 nitrogen and oxygen atoms in total. The van der Waals surface area contributed by atoms with E-state index in [4.69, 9.17) is 11.6 Å². The van der Waals surface area contributed by atoms with Crippen LogP contribution in [0, 0.1) is 13.8 Å². The van der Waals surface area contributed by atoms with Crippen molar-refractivity contribution < 1.29 is 4.79 Å². The van der Waals surface area contributed by atoms with Crippen molar-refractivity contribution in [2.24, 2.45) is 0 Å². The summed E-state index contributed by atoms with van der Waals surface area (Å²) in [5.41, 5.74) is 4.14. The number of halogens is 1. The van der Waals surface area contributed by atoms with Gasteiger partial charge in [-0.25, -0.2) is 0 Å². The normalized spacial score (nSPS) is 10.4. The number of hydrogen-bond acceptors (Lipinski definition) is 2. The van der Waals surface area contributed by atoms with Gasteiger partial charge in [-0.05, 0) is 42.7 Å². The average molecular weight is 303 g/mol. The number of nitrogens with one attached hydrogen (secondary N) is 2. The molecule has 2 aromatic rings. The van der Waals surface area contributed by atoms with E-state index in [1.807, 2.05) is 56.3 Å². The number of anilines is 1. The van der Waals surface area contributed by atoms with E-state index in [-0.39, 0.29) is 12.5 Å². The zero-order valence-electron chi connectivity index (χ0n) is 12.2. The summed E-state index contributed by atoms with van der Waals surface area (Å²) >= 11 is 5.83. The largest absolute Gasteiger partial charge is 0.324 e. The first-order valence-electron chi connectivity index (χ1n) is 6.87. The summed E-state index contributed by atoms with van der Waals surface area (Å²) in [6.07, 6.45) is 0. The molecule has 0 aliphatic heterocycles. The highest BCUT2D eigenvalue weighted by molar-refractivity contribution is 6.30. The van der Waals surface area contributed by atoms with Gasteiger partial charge in [-0.1, -0.05) is 41.9 Å². The van der Waals surface area contributed by atoms with Gasteiger partial charge in [-0.3, -0.25) is 4.79 Å². The standard InChI is InChI=1S/C17H19ClN2O/c1-12-4-3-5-13(2)17(12)20-16(21)11-19-10-14-6-8-15(18)9-7-14/h3-9,19H,10-11H2,1-2H3,(H,20,21). The second-order valence-electron chi connectivity index (χ2n) is 5.05. The number of amides is 1. The van der Waals surface area contributed by atoms with E-state index in [0.29, 0.717) is 11.6 Å². The first kappa shape index (κ1) is 15.5. The molecule has 0 radical (unpaired) electrons. The summed E-state index contributed by atoms with van der Waals surface area (Å²) in [4.78, 5) is 12.0. The molecule has 2 rings (SSSR count). The maximum Gasteiger partial charge on any atom is 0.238 e. The third-order valence-electron chi connectivity index (χ3n) is 3.27. The van der Waals surface area contributed by atoms with E-state index in [1.165, 1.54) is 0 Å². The van der Waals surface area contributed by atoms with Gasteiger partial charge in [0.15, 0.2) is 0 Å². The number of carbonyl (C=O) groups is 1. The van der Waals surface area contributed by atoms with Crippen LogP contribution in [0.2, 0.25) is 5.02 Å². The van der Waals surface area contributed by atoms with Gasteiger partial charge in [0, 0.05) is 17.3 Å². The monoisotopic (exact) mass is 302 g/mol. The van der Waals surface area contributed by atoms with E-state index >= 15 is 0 Å². The minimum Gasteiger partial charge on any atom is -0.324 e. The fourth-order valence-electron chi connectivity index (χ4n) is 2.12. The van der Waals surface area contributed by atoms with E-state index in [0.717, 1.165) is 22.4 Å². The third-order valence-corrected chi connectivity index (χ3v) is 3.53. The fourth-order valence-corrected chi connectivity index (χ4v) is 2.24. The summed E-state index contributed by atoms with van der Waals surface area (Å²) in [5.74, 6) is -0.0404. The van der Waals surface area contributed by atoms with Crippen LogP contribution in [0.3, 0.4) is 0 Å². The summed E-state index contributed by atoms with van der Waals surface area (Å²) in [6, 6.07) is 13.5. The topological polar surface area (TPSA) is 41.1 Å². The van der Waals surface area contributed by atoms with Crippen molar-refractivity contribution in [2.45, 2.75) is 20.4 Å². The highest BCUT2D eigenvalue weighted by Crippen LogP contribution is 2.19. The van der Waals surface area contributed by atoms with Crippen LogP contribution in [0.15, 0.2) is 42.5 Å². The number of hydrogen-bond donors (Lipinski definition) is 2.